The summed E-state index contributed by atoms with van der Waals surface area (Å²) in [7, 11) is 0. The van der Waals surface area contributed by atoms with Crippen molar-refractivity contribution < 1.29 is 9.59 Å². The highest BCUT2D eigenvalue weighted by Crippen LogP contribution is 2.25. The lowest BCUT2D eigenvalue weighted by atomic mass is 10.1. The van der Waals surface area contributed by atoms with Crippen LogP contribution in [0.4, 0.5) is 5.69 Å². The van der Waals surface area contributed by atoms with Gasteiger partial charge in [0, 0.05) is 29.1 Å². The third-order valence-electron chi connectivity index (χ3n) is 5.62. The Labute approximate surface area is 192 Å². The zero-order valence-electron chi connectivity index (χ0n) is 18.3. The molecule has 1 aliphatic carbocycles. The van der Waals surface area contributed by atoms with Crippen molar-refractivity contribution in [1.82, 2.24) is 15.1 Å². The molecule has 1 aromatic heterocycles. The molecule has 1 fully saturated rings. The van der Waals surface area contributed by atoms with Crippen LogP contribution in [0.2, 0.25) is 0 Å². The van der Waals surface area contributed by atoms with Crippen molar-refractivity contribution in [2.24, 2.45) is 0 Å². The van der Waals surface area contributed by atoms with Gasteiger partial charge in [-0.1, -0.05) is 48.0 Å². The molecule has 2 amide bonds. The molecular formula is C27H24N4O2. The van der Waals surface area contributed by atoms with Crippen LogP contribution in [0.1, 0.15) is 39.1 Å². The van der Waals surface area contributed by atoms with Crippen molar-refractivity contribution in [3.63, 3.8) is 0 Å². The van der Waals surface area contributed by atoms with E-state index in [0.29, 0.717) is 28.6 Å². The Balaban J connectivity index is 1.41. The molecule has 1 saturated carbocycles. The quantitative estimate of drug-likeness (QED) is 0.447. The minimum absolute atomic E-state index is 0.0823. The Morgan fingerprint density at radius 3 is 2.24 bits per heavy atom. The molecule has 1 aliphatic rings. The summed E-state index contributed by atoms with van der Waals surface area (Å²) in [6.45, 7) is 2.03. The lowest BCUT2D eigenvalue weighted by molar-refractivity contribution is 0.0950. The molecule has 0 bridgehead atoms. The Morgan fingerprint density at radius 2 is 1.58 bits per heavy atom. The number of hydrogen-bond donors (Lipinski definition) is 2. The van der Waals surface area contributed by atoms with Crippen molar-refractivity contribution in [2.75, 3.05) is 5.32 Å². The van der Waals surface area contributed by atoms with E-state index in [1.54, 1.807) is 35.1 Å². The van der Waals surface area contributed by atoms with Crippen molar-refractivity contribution in [2.45, 2.75) is 25.8 Å². The van der Waals surface area contributed by atoms with Crippen LogP contribution >= 0.6 is 0 Å². The first-order valence-corrected chi connectivity index (χ1v) is 11.0. The van der Waals surface area contributed by atoms with Gasteiger partial charge in [0.1, 0.15) is 5.69 Å². The highest BCUT2D eigenvalue weighted by molar-refractivity contribution is 6.08. The Hall–Kier alpha value is -4.19. The molecule has 0 atom stereocenters. The number of amides is 2. The zero-order chi connectivity index (χ0) is 22.8. The maximum Gasteiger partial charge on any atom is 0.259 e. The molecule has 164 valence electrons. The number of nitrogens with zero attached hydrogens (tertiary/aromatic N) is 2. The van der Waals surface area contributed by atoms with Crippen molar-refractivity contribution >= 4 is 17.5 Å². The molecule has 0 unspecified atom stereocenters. The summed E-state index contributed by atoms with van der Waals surface area (Å²) >= 11 is 0. The van der Waals surface area contributed by atoms with E-state index in [0.717, 1.165) is 29.7 Å². The maximum atomic E-state index is 13.2. The number of benzene rings is 3. The highest BCUT2D eigenvalue weighted by Gasteiger charge is 2.24. The minimum Gasteiger partial charge on any atom is -0.349 e. The number of aromatic nitrogens is 2. The van der Waals surface area contributed by atoms with Crippen LogP contribution in [0.3, 0.4) is 0 Å². The molecule has 6 nitrogen and oxygen atoms in total. The second-order valence-electron chi connectivity index (χ2n) is 8.32. The average Bonchev–Trinajstić information content (AvgIpc) is 3.54. The van der Waals surface area contributed by atoms with Gasteiger partial charge in [-0.2, -0.15) is 5.10 Å². The Kier molecular flexibility index (Phi) is 5.48. The number of nitrogens with one attached hydrogen (secondary N) is 2. The number of rotatable bonds is 6. The molecule has 4 aromatic rings. The molecule has 5 rings (SSSR count). The molecule has 33 heavy (non-hydrogen) atoms. The summed E-state index contributed by atoms with van der Waals surface area (Å²) < 4.78 is 1.72. The molecule has 0 saturated heterocycles. The first kappa shape index (κ1) is 20.7. The highest BCUT2D eigenvalue weighted by atomic mass is 16.2. The van der Waals surface area contributed by atoms with Gasteiger partial charge in [0.25, 0.3) is 11.8 Å². The number of hydrogen-bond acceptors (Lipinski definition) is 3. The fourth-order valence-corrected chi connectivity index (χ4v) is 3.58. The SMILES string of the molecule is Cc1ccc(-n2cc(C(=O)Nc3ccc(C(=O)NC4CC4)cc3)c(-c3ccccc3)n2)cc1. The van der Waals surface area contributed by atoms with E-state index in [1.165, 1.54) is 0 Å². The van der Waals surface area contributed by atoms with Gasteiger partial charge < -0.3 is 10.6 Å². The van der Waals surface area contributed by atoms with E-state index in [1.807, 2.05) is 61.5 Å². The van der Waals surface area contributed by atoms with Gasteiger partial charge in [-0.25, -0.2) is 4.68 Å². The molecule has 0 spiro atoms. The number of carbonyl (C=O) groups excluding carboxylic acids is 2. The van der Waals surface area contributed by atoms with Crippen molar-refractivity contribution in [3.8, 4) is 16.9 Å². The van der Waals surface area contributed by atoms with Crippen LogP contribution in [0.15, 0.2) is 85.1 Å². The van der Waals surface area contributed by atoms with Gasteiger partial charge in [0.05, 0.1) is 11.3 Å². The number of carbonyl (C=O) groups is 2. The average molecular weight is 437 g/mol. The van der Waals surface area contributed by atoms with Gasteiger partial charge >= 0.3 is 0 Å². The lowest BCUT2D eigenvalue weighted by Crippen LogP contribution is -2.25. The van der Waals surface area contributed by atoms with Crippen LogP contribution in [-0.2, 0) is 0 Å². The van der Waals surface area contributed by atoms with E-state index in [9.17, 15) is 9.59 Å². The van der Waals surface area contributed by atoms with Crippen LogP contribution in [0.5, 0.6) is 0 Å². The summed E-state index contributed by atoms with van der Waals surface area (Å²) in [5.74, 6) is -0.344. The molecule has 2 N–H and O–H groups in total. The first-order chi connectivity index (χ1) is 16.1. The molecule has 0 radical (unpaired) electrons. The Morgan fingerprint density at radius 1 is 0.879 bits per heavy atom. The summed E-state index contributed by atoms with van der Waals surface area (Å²) in [5, 5.41) is 10.6. The van der Waals surface area contributed by atoms with Crippen LogP contribution in [0.25, 0.3) is 16.9 Å². The standard InChI is InChI=1S/C27H24N4O2/c1-18-7-15-23(16-8-18)31-17-24(25(30-31)19-5-3-2-4-6-19)27(33)29-21-11-9-20(10-12-21)26(32)28-22-13-14-22/h2-12,15-17,22H,13-14H2,1H3,(H,28,32)(H,29,33). The first-order valence-electron chi connectivity index (χ1n) is 11.0. The predicted molar refractivity (Wildman–Crippen MR) is 129 cm³/mol. The normalized spacial score (nSPS) is 12.9. The van der Waals surface area contributed by atoms with Gasteiger partial charge in [-0.3, -0.25) is 9.59 Å². The van der Waals surface area contributed by atoms with E-state index in [2.05, 4.69) is 10.6 Å². The molecule has 0 aliphatic heterocycles. The Bertz CT molecular complexity index is 1290. The fraction of sp³-hybridized carbons (Fsp3) is 0.148. The minimum atomic E-state index is -0.262. The largest absolute Gasteiger partial charge is 0.349 e. The van der Waals surface area contributed by atoms with Crippen LogP contribution in [-0.4, -0.2) is 27.6 Å². The lowest BCUT2D eigenvalue weighted by Gasteiger charge is -2.07. The zero-order valence-corrected chi connectivity index (χ0v) is 18.3. The summed E-state index contributed by atoms with van der Waals surface area (Å²) in [6.07, 6.45) is 3.83. The van der Waals surface area contributed by atoms with Crippen molar-refractivity contribution in [1.29, 1.82) is 0 Å². The van der Waals surface area contributed by atoms with Crippen LogP contribution < -0.4 is 10.6 Å². The van der Waals surface area contributed by atoms with E-state index >= 15 is 0 Å². The predicted octanol–water partition coefficient (Wildman–Crippen LogP) is 4.99. The molecule has 1 heterocycles. The second kappa shape index (κ2) is 8.74. The number of anilines is 1. The molecular weight excluding hydrogens is 412 g/mol. The van der Waals surface area contributed by atoms with Crippen molar-refractivity contribution in [3.05, 3.63) is 102 Å². The summed E-state index contributed by atoms with van der Waals surface area (Å²) in [6, 6.07) is 24.9. The van der Waals surface area contributed by atoms with Gasteiger partial charge in [0.2, 0.25) is 0 Å². The van der Waals surface area contributed by atoms with Crippen LogP contribution in [0, 0.1) is 6.92 Å². The van der Waals surface area contributed by atoms with Gasteiger partial charge in [0.15, 0.2) is 0 Å². The molecule has 6 heteroatoms. The van der Waals surface area contributed by atoms with E-state index < -0.39 is 0 Å². The maximum absolute atomic E-state index is 13.2. The monoisotopic (exact) mass is 436 g/mol. The topological polar surface area (TPSA) is 76.0 Å². The third kappa shape index (κ3) is 4.70. The summed E-state index contributed by atoms with van der Waals surface area (Å²) in [5.41, 5.74) is 5.17. The molecule has 3 aromatic carbocycles. The van der Waals surface area contributed by atoms with Gasteiger partial charge in [-0.15, -0.1) is 0 Å². The number of aryl methyl sites for hydroxylation is 1. The fourth-order valence-electron chi connectivity index (χ4n) is 3.58. The smallest absolute Gasteiger partial charge is 0.259 e. The third-order valence-corrected chi connectivity index (χ3v) is 5.62. The van der Waals surface area contributed by atoms with E-state index in [-0.39, 0.29) is 11.8 Å². The summed E-state index contributed by atoms with van der Waals surface area (Å²) in [4.78, 5) is 25.4. The van der Waals surface area contributed by atoms with Gasteiger partial charge in [-0.05, 0) is 56.2 Å². The second-order valence-corrected chi connectivity index (χ2v) is 8.32. The van der Waals surface area contributed by atoms with E-state index in [4.69, 9.17) is 5.10 Å².